The molecule has 0 saturated heterocycles. The molecule has 0 unspecified atom stereocenters. The highest BCUT2D eigenvalue weighted by atomic mass is 16.4. The molecule has 0 bridgehead atoms. The topological polar surface area (TPSA) is 102 Å². The Bertz CT molecular complexity index is 701. The van der Waals surface area contributed by atoms with Gasteiger partial charge in [-0.2, -0.15) is 10.2 Å². The number of hydrogen-bond acceptors (Lipinski definition) is 4. The second-order valence-electron chi connectivity index (χ2n) is 5.13. The standard InChI is InChI=1S/C14H19N5O3/c1-9-7-10(2)19(16-9)6-4-5-15-13(20)11-8-18(3)17-12(11)14(21)22/h7-8H,4-6H2,1-3H3,(H,15,20)(H,21,22). The van der Waals surface area contributed by atoms with Gasteiger partial charge in [-0.15, -0.1) is 0 Å². The van der Waals surface area contributed by atoms with Crippen molar-refractivity contribution in [2.45, 2.75) is 26.8 Å². The molecule has 8 nitrogen and oxygen atoms in total. The van der Waals surface area contributed by atoms with Gasteiger partial charge in [0.25, 0.3) is 5.91 Å². The van der Waals surface area contributed by atoms with E-state index in [1.165, 1.54) is 10.9 Å². The molecule has 0 aliphatic heterocycles. The van der Waals surface area contributed by atoms with Crippen molar-refractivity contribution in [3.8, 4) is 0 Å². The normalized spacial score (nSPS) is 10.7. The van der Waals surface area contributed by atoms with Gasteiger partial charge in [-0.25, -0.2) is 4.79 Å². The van der Waals surface area contributed by atoms with Gasteiger partial charge in [-0.1, -0.05) is 0 Å². The molecular weight excluding hydrogens is 286 g/mol. The Hall–Kier alpha value is -2.64. The zero-order valence-electron chi connectivity index (χ0n) is 12.8. The summed E-state index contributed by atoms with van der Waals surface area (Å²) in [5.41, 5.74) is 1.87. The van der Waals surface area contributed by atoms with Crippen LogP contribution < -0.4 is 5.32 Å². The van der Waals surface area contributed by atoms with Crippen molar-refractivity contribution in [3.05, 3.63) is 34.9 Å². The first kappa shape index (κ1) is 15.7. The van der Waals surface area contributed by atoms with E-state index >= 15 is 0 Å². The molecule has 2 heterocycles. The second kappa shape index (κ2) is 6.42. The molecule has 0 aliphatic rings. The number of carboxylic acids is 1. The monoisotopic (exact) mass is 305 g/mol. The van der Waals surface area contributed by atoms with Crippen LogP contribution in [0, 0.1) is 13.8 Å². The van der Waals surface area contributed by atoms with Gasteiger partial charge in [0.1, 0.15) is 0 Å². The van der Waals surface area contributed by atoms with Crippen LogP contribution in [-0.4, -0.2) is 43.1 Å². The Kier molecular flexibility index (Phi) is 4.59. The summed E-state index contributed by atoms with van der Waals surface area (Å²) in [5.74, 6) is -1.65. The fourth-order valence-corrected chi connectivity index (χ4v) is 2.24. The first-order chi connectivity index (χ1) is 10.4. The average molecular weight is 305 g/mol. The fourth-order valence-electron chi connectivity index (χ4n) is 2.24. The number of hydrogen-bond donors (Lipinski definition) is 2. The van der Waals surface area contributed by atoms with Crippen LogP contribution in [0.25, 0.3) is 0 Å². The Balaban J connectivity index is 1.88. The van der Waals surface area contributed by atoms with Crippen LogP contribution >= 0.6 is 0 Å². The lowest BCUT2D eigenvalue weighted by atomic mass is 10.2. The zero-order chi connectivity index (χ0) is 16.3. The third-order valence-corrected chi connectivity index (χ3v) is 3.21. The lowest BCUT2D eigenvalue weighted by Gasteiger charge is -2.06. The molecule has 2 aromatic rings. The van der Waals surface area contributed by atoms with Crippen molar-refractivity contribution in [2.75, 3.05) is 6.54 Å². The Labute approximate surface area is 127 Å². The van der Waals surface area contributed by atoms with E-state index in [1.54, 1.807) is 7.05 Å². The molecule has 1 amide bonds. The predicted molar refractivity (Wildman–Crippen MR) is 78.8 cm³/mol. The minimum absolute atomic E-state index is 0.0705. The van der Waals surface area contributed by atoms with Gasteiger partial charge in [0.05, 0.1) is 11.3 Å². The molecule has 118 valence electrons. The third-order valence-electron chi connectivity index (χ3n) is 3.21. The molecule has 8 heteroatoms. The minimum Gasteiger partial charge on any atom is -0.476 e. The van der Waals surface area contributed by atoms with E-state index in [1.807, 2.05) is 24.6 Å². The highest BCUT2D eigenvalue weighted by Gasteiger charge is 2.20. The summed E-state index contributed by atoms with van der Waals surface area (Å²) in [6.45, 7) is 5.04. The largest absolute Gasteiger partial charge is 0.476 e. The lowest BCUT2D eigenvalue weighted by molar-refractivity contribution is 0.0684. The maximum atomic E-state index is 12.0. The van der Waals surface area contributed by atoms with E-state index in [2.05, 4.69) is 15.5 Å². The van der Waals surface area contributed by atoms with Crippen LogP contribution in [0.4, 0.5) is 0 Å². The number of carbonyl (C=O) groups excluding carboxylic acids is 1. The summed E-state index contributed by atoms with van der Waals surface area (Å²) in [6, 6.07) is 1.99. The highest BCUT2D eigenvalue weighted by molar-refractivity contribution is 6.03. The number of amides is 1. The minimum atomic E-state index is -1.21. The van der Waals surface area contributed by atoms with Gasteiger partial charge in [0.2, 0.25) is 0 Å². The number of aromatic nitrogens is 4. The Morgan fingerprint density at radius 1 is 1.32 bits per heavy atom. The van der Waals surface area contributed by atoms with Crippen molar-refractivity contribution >= 4 is 11.9 Å². The number of aryl methyl sites for hydroxylation is 4. The molecule has 0 atom stereocenters. The maximum Gasteiger partial charge on any atom is 0.357 e. The van der Waals surface area contributed by atoms with E-state index in [9.17, 15) is 9.59 Å². The summed E-state index contributed by atoms with van der Waals surface area (Å²) in [5, 5.41) is 19.8. The van der Waals surface area contributed by atoms with Gasteiger partial charge in [-0.3, -0.25) is 14.2 Å². The molecule has 22 heavy (non-hydrogen) atoms. The first-order valence-corrected chi connectivity index (χ1v) is 6.94. The van der Waals surface area contributed by atoms with E-state index in [0.717, 1.165) is 11.4 Å². The Morgan fingerprint density at radius 2 is 2.05 bits per heavy atom. The summed E-state index contributed by atoms with van der Waals surface area (Å²) < 4.78 is 3.20. The van der Waals surface area contributed by atoms with Gasteiger partial charge >= 0.3 is 5.97 Å². The van der Waals surface area contributed by atoms with Crippen LogP contribution in [0.1, 0.15) is 38.7 Å². The average Bonchev–Trinajstić information content (AvgIpc) is 2.97. The highest BCUT2D eigenvalue weighted by Crippen LogP contribution is 2.06. The molecule has 0 spiro atoms. The van der Waals surface area contributed by atoms with Crippen molar-refractivity contribution in [1.29, 1.82) is 0 Å². The summed E-state index contributed by atoms with van der Waals surface area (Å²) in [6.07, 6.45) is 2.11. The third kappa shape index (κ3) is 3.51. The predicted octanol–water partition coefficient (Wildman–Crippen LogP) is 0.752. The van der Waals surface area contributed by atoms with Crippen LogP contribution in [-0.2, 0) is 13.6 Å². The quantitative estimate of drug-likeness (QED) is 0.767. The van der Waals surface area contributed by atoms with Crippen LogP contribution in [0.3, 0.4) is 0 Å². The van der Waals surface area contributed by atoms with Crippen molar-refractivity contribution < 1.29 is 14.7 Å². The number of rotatable bonds is 6. The first-order valence-electron chi connectivity index (χ1n) is 6.94. The smallest absolute Gasteiger partial charge is 0.357 e. The van der Waals surface area contributed by atoms with E-state index < -0.39 is 11.9 Å². The number of nitrogens with one attached hydrogen (secondary N) is 1. The molecule has 2 aromatic heterocycles. The zero-order valence-corrected chi connectivity index (χ0v) is 12.8. The van der Waals surface area contributed by atoms with Gasteiger partial charge < -0.3 is 10.4 Å². The maximum absolute atomic E-state index is 12.0. The molecule has 2 rings (SSSR count). The van der Waals surface area contributed by atoms with E-state index in [-0.39, 0.29) is 11.3 Å². The number of carboxylic acid groups (broad SMARTS) is 1. The molecule has 0 aromatic carbocycles. The second-order valence-corrected chi connectivity index (χ2v) is 5.13. The SMILES string of the molecule is Cc1cc(C)n(CCCNC(=O)c2cn(C)nc2C(=O)O)n1. The van der Waals surface area contributed by atoms with E-state index in [4.69, 9.17) is 5.11 Å². The number of carbonyl (C=O) groups is 2. The van der Waals surface area contributed by atoms with Gasteiger partial charge in [0, 0.05) is 32.0 Å². The fraction of sp³-hybridized carbons (Fsp3) is 0.429. The molecule has 0 saturated carbocycles. The molecule has 0 radical (unpaired) electrons. The number of nitrogens with zero attached hydrogens (tertiary/aromatic N) is 4. The van der Waals surface area contributed by atoms with Crippen LogP contribution in [0.15, 0.2) is 12.3 Å². The number of aromatic carboxylic acids is 1. The molecular formula is C14H19N5O3. The lowest BCUT2D eigenvalue weighted by Crippen LogP contribution is -2.26. The van der Waals surface area contributed by atoms with Crippen LogP contribution in [0.2, 0.25) is 0 Å². The van der Waals surface area contributed by atoms with Crippen molar-refractivity contribution in [3.63, 3.8) is 0 Å². The van der Waals surface area contributed by atoms with Crippen LogP contribution in [0.5, 0.6) is 0 Å². The van der Waals surface area contributed by atoms with Crippen molar-refractivity contribution in [1.82, 2.24) is 24.9 Å². The summed E-state index contributed by atoms with van der Waals surface area (Å²) in [7, 11) is 1.58. The summed E-state index contributed by atoms with van der Waals surface area (Å²) in [4.78, 5) is 23.0. The van der Waals surface area contributed by atoms with Gasteiger partial charge in [0.15, 0.2) is 5.69 Å². The van der Waals surface area contributed by atoms with E-state index in [0.29, 0.717) is 19.5 Å². The summed E-state index contributed by atoms with van der Waals surface area (Å²) >= 11 is 0. The molecule has 0 fully saturated rings. The Morgan fingerprint density at radius 3 is 2.64 bits per heavy atom. The van der Waals surface area contributed by atoms with Gasteiger partial charge in [-0.05, 0) is 26.3 Å². The molecule has 2 N–H and O–H groups in total. The van der Waals surface area contributed by atoms with Crippen molar-refractivity contribution in [2.24, 2.45) is 7.05 Å². The molecule has 0 aliphatic carbocycles.